The van der Waals surface area contributed by atoms with Crippen molar-refractivity contribution in [3.05, 3.63) is 271 Å². The van der Waals surface area contributed by atoms with E-state index in [0.717, 1.165) is 61.2 Å². The van der Waals surface area contributed by atoms with E-state index in [9.17, 15) is 0 Å². The van der Waals surface area contributed by atoms with E-state index in [0.29, 0.717) is 17.5 Å². The van der Waals surface area contributed by atoms with Crippen molar-refractivity contribution in [2.75, 3.05) is 0 Å². The van der Waals surface area contributed by atoms with Crippen LogP contribution in [0.5, 0.6) is 0 Å². The van der Waals surface area contributed by atoms with Gasteiger partial charge in [0.1, 0.15) is 0 Å². The van der Waals surface area contributed by atoms with Gasteiger partial charge in [0.25, 0.3) is 0 Å². The van der Waals surface area contributed by atoms with E-state index in [1.165, 1.54) is 44.5 Å². The third kappa shape index (κ3) is 6.72. The van der Waals surface area contributed by atoms with Gasteiger partial charge >= 0.3 is 0 Å². The molecule has 68 heavy (non-hydrogen) atoms. The van der Waals surface area contributed by atoms with Crippen molar-refractivity contribution in [1.29, 1.82) is 2.25 Å². The third-order valence-corrected chi connectivity index (χ3v) is 13.7. The number of nitrogens with zero attached hydrogens (tertiary/aromatic N) is 3. The van der Waals surface area contributed by atoms with Crippen LogP contribution in [0.4, 0.5) is 0 Å². The number of aromatic nitrogens is 3. The van der Waals surface area contributed by atoms with Gasteiger partial charge in [-0.1, -0.05) is 206 Å². The first-order valence-electron chi connectivity index (χ1n) is 23.7. The average Bonchev–Trinajstić information content (AvgIpc) is 3.91. The van der Waals surface area contributed by atoms with Gasteiger partial charge in [-0.15, -0.1) is 0 Å². The first kappa shape index (κ1) is 38.8. The Bertz CT molecular complexity index is 3390. The molecule has 0 atom stereocenters. The lowest BCUT2D eigenvalue weighted by Gasteiger charge is -2.30. The number of benzene rings is 10. The molecule has 0 fully saturated rings. The van der Waals surface area contributed by atoms with Crippen molar-refractivity contribution in [1.82, 2.24) is 15.0 Å². The molecule has 3 nitrogen and oxygen atoms in total. The van der Waals surface area contributed by atoms with Crippen LogP contribution in [-0.4, -0.2) is 17.2 Å². The Morgan fingerprint density at radius 2 is 0.529 bits per heavy atom. The van der Waals surface area contributed by atoms with Crippen molar-refractivity contribution >= 4 is 13.3 Å². The minimum absolute atomic E-state index is 0.250. The largest absolute Gasteiger partial charge is 0.208 e. The van der Waals surface area contributed by atoms with E-state index in [1.54, 1.807) is 0 Å². The molecule has 1 aromatic heterocycles. The molecule has 10 aromatic carbocycles. The Morgan fingerprint density at radius 3 is 0.882 bits per heavy atom. The molecule has 2 aliphatic carbocycles. The molecular formula is C64H43N3S. The Hall–Kier alpha value is -8.44. The highest BCUT2D eigenvalue weighted by Crippen LogP contribution is 2.63. The number of hydrogen-bond acceptors (Lipinski definition) is 3. The van der Waals surface area contributed by atoms with E-state index in [2.05, 4.69) is 249 Å². The van der Waals surface area contributed by atoms with E-state index < -0.39 is 5.41 Å². The summed E-state index contributed by atoms with van der Waals surface area (Å²) in [6.07, 6.45) is 0. The molecule has 320 valence electrons. The van der Waals surface area contributed by atoms with Crippen LogP contribution in [0.25, 0.3) is 101 Å². The maximum atomic E-state index is 5.79. The Kier molecular flexibility index (Phi) is 9.57. The van der Waals surface area contributed by atoms with Crippen LogP contribution in [0.15, 0.2) is 249 Å². The molecule has 2 aliphatic rings. The fourth-order valence-electron chi connectivity index (χ4n) is 10.7. The molecule has 0 amide bonds. The van der Waals surface area contributed by atoms with Gasteiger partial charge in [-0.05, 0) is 131 Å². The fraction of sp³-hybridized carbons (Fsp3) is 0.0156. The Balaban J connectivity index is 0.00000164. The van der Waals surface area contributed by atoms with E-state index >= 15 is 0 Å². The van der Waals surface area contributed by atoms with Crippen molar-refractivity contribution in [2.45, 2.75) is 5.41 Å². The van der Waals surface area contributed by atoms with Crippen LogP contribution in [0.2, 0.25) is 0 Å². The van der Waals surface area contributed by atoms with Gasteiger partial charge in [0, 0.05) is 16.7 Å². The van der Waals surface area contributed by atoms with Gasteiger partial charge < -0.3 is 0 Å². The predicted octanol–water partition coefficient (Wildman–Crippen LogP) is 16.0. The monoisotopic (exact) mass is 889 g/mol. The normalized spacial score (nSPS) is 12.7. The van der Waals surface area contributed by atoms with Gasteiger partial charge in [0.2, 0.25) is 0 Å². The lowest BCUT2D eigenvalue weighted by Crippen LogP contribution is -2.25. The summed E-state index contributed by atoms with van der Waals surface area (Å²) < 4.78 is 11.6. The highest BCUT2D eigenvalue weighted by Gasteiger charge is 2.51. The van der Waals surface area contributed by atoms with Gasteiger partial charge in [0.05, 0.1) is 7.66 Å². The van der Waals surface area contributed by atoms with Crippen LogP contribution < -0.4 is 0 Å². The average molecular weight is 890 g/mol. The molecule has 0 N–H and O–H groups in total. The van der Waals surface area contributed by atoms with Gasteiger partial charge in [-0.3, -0.25) is 0 Å². The zero-order chi connectivity index (χ0) is 47.0. The van der Waals surface area contributed by atoms with Gasteiger partial charge in [-0.25, -0.2) is 15.0 Å². The minimum Gasteiger partial charge on any atom is -0.208 e. The van der Waals surface area contributed by atoms with E-state index in [4.69, 9.17) is 17.2 Å². The molecular weight excluding hydrogens is 843 g/mol. The molecule has 13 rings (SSSR count). The van der Waals surface area contributed by atoms with Crippen molar-refractivity contribution in [3.8, 4) is 101 Å². The van der Waals surface area contributed by atoms with Crippen LogP contribution in [0, 0.1) is 0 Å². The molecule has 0 saturated heterocycles. The van der Waals surface area contributed by atoms with Crippen LogP contribution >= 0.6 is 13.3 Å². The van der Waals surface area contributed by atoms with Crippen LogP contribution in [0.3, 0.4) is 0 Å². The maximum absolute atomic E-state index is 5.79. The zero-order valence-corrected chi connectivity index (χ0v) is 37.7. The van der Waals surface area contributed by atoms with Crippen LogP contribution in [0.1, 0.15) is 22.3 Å². The summed E-state index contributed by atoms with van der Waals surface area (Å²) in [7, 11) is 0. The summed E-state index contributed by atoms with van der Waals surface area (Å²) in [5, 5.41) is 0. The van der Waals surface area contributed by atoms with Gasteiger partial charge in [0.15, 0.2) is 17.5 Å². The maximum Gasteiger partial charge on any atom is 0.164 e. The smallest absolute Gasteiger partial charge is 0.164 e. The summed E-state index contributed by atoms with van der Waals surface area (Å²) in [4.78, 5) is 16.4. The van der Waals surface area contributed by atoms with E-state index in [1.807, 2.05) is 0 Å². The quantitative estimate of drug-likeness (QED) is 0.160. The molecule has 1 spiro atoms. The number of hydrogen-bond donors (Lipinski definition) is 0. The summed E-state index contributed by atoms with van der Waals surface area (Å²) >= 11 is 0.250. The second-order valence-corrected chi connectivity index (χ2v) is 17.5. The first-order chi connectivity index (χ1) is 34.6. The lowest BCUT2D eigenvalue weighted by molar-refractivity contribution is 0.794. The summed E-state index contributed by atoms with van der Waals surface area (Å²) in [5.74, 6) is 1.83. The van der Waals surface area contributed by atoms with Crippen LogP contribution in [-0.2, 0) is 5.41 Å². The molecule has 0 radical (unpaired) electrons. The summed E-state index contributed by atoms with van der Waals surface area (Å²) in [6, 6.07) is 89.4. The third-order valence-electron chi connectivity index (χ3n) is 13.7. The molecule has 0 unspecified atom stereocenters. The SMILES string of the molecule is [3H]S[3H].c1ccc(-c2cc(-c3ccccc3)cc(-c3nc(-c4cc(-c5ccccc5)cc(-c5ccccc5)c4)nc(-c4ccc5c(c4)C4(c6ccccc6-c6ccccc64)c4ccccc4-5)n3)c2)cc1. The Morgan fingerprint density at radius 1 is 0.250 bits per heavy atom. The predicted molar refractivity (Wildman–Crippen MR) is 285 cm³/mol. The topological polar surface area (TPSA) is 38.7 Å². The highest BCUT2D eigenvalue weighted by atomic mass is 32.1. The highest BCUT2D eigenvalue weighted by molar-refractivity contribution is 7.59. The minimum atomic E-state index is -0.503. The molecule has 1 heterocycles. The molecule has 0 bridgehead atoms. The second-order valence-electron chi connectivity index (χ2n) is 17.5. The fourth-order valence-corrected chi connectivity index (χ4v) is 10.7. The summed E-state index contributed by atoms with van der Waals surface area (Å²) in [5.41, 5.74) is 21.3. The van der Waals surface area contributed by atoms with Gasteiger partial charge in [-0.2, -0.15) is 13.3 Å². The number of fused-ring (bicyclic) bond motifs is 10. The van der Waals surface area contributed by atoms with Crippen molar-refractivity contribution in [3.63, 3.8) is 0 Å². The second kappa shape index (κ2) is 16.8. The Labute approximate surface area is 405 Å². The summed E-state index contributed by atoms with van der Waals surface area (Å²) in [6.45, 7) is 0. The zero-order valence-electron chi connectivity index (χ0n) is 38.9. The molecule has 11 aromatic rings. The van der Waals surface area contributed by atoms with Crippen molar-refractivity contribution < 1.29 is 0 Å². The first-order valence-corrected chi connectivity index (χ1v) is 22.9. The standard InChI is InChI=1S/C64H41N3.H2S/c1-5-19-42(20-6-1)47-35-48(43-21-7-2-8-22-43)38-51(37-47)62-65-61(66-63(67-62)52-39-49(44-23-9-3-10-24-44)36-50(40-52)45-25-11-4-12-26-45)46-33-34-56-55-29-15-18-32-59(55)64(60(56)41-46)57-30-16-13-27-53(57)54-28-14-17-31-58(54)64;/h1-41H;1H2/i/hT2. The molecule has 0 aliphatic heterocycles. The molecule has 0 saturated carbocycles. The van der Waals surface area contributed by atoms with E-state index in [-0.39, 0.29) is 13.3 Å². The molecule has 4 heteroatoms. The number of rotatable bonds is 7. The van der Waals surface area contributed by atoms with Crippen molar-refractivity contribution in [2.24, 2.45) is 0 Å². The lowest BCUT2D eigenvalue weighted by atomic mass is 9.70.